The molecule has 8 nitrogen and oxygen atoms in total. The van der Waals surface area contributed by atoms with Crippen LogP contribution in [0.2, 0.25) is 0 Å². The predicted octanol–water partition coefficient (Wildman–Crippen LogP) is 3.74. The van der Waals surface area contributed by atoms with Gasteiger partial charge in [0.15, 0.2) is 5.16 Å². The molecule has 1 heterocycles. The molecule has 1 aromatic heterocycles. The fourth-order valence-electron chi connectivity index (χ4n) is 2.96. The molecule has 32 heavy (non-hydrogen) atoms. The average molecular weight is 454 g/mol. The highest BCUT2D eigenvalue weighted by molar-refractivity contribution is 7.99. The van der Waals surface area contributed by atoms with Crippen LogP contribution in [0.3, 0.4) is 0 Å². The summed E-state index contributed by atoms with van der Waals surface area (Å²) in [5, 5.41) is 14.5. The molecule has 0 saturated heterocycles. The summed E-state index contributed by atoms with van der Waals surface area (Å²) in [5.41, 5.74) is 3.66. The Morgan fingerprint density at radius 2 is 1.81 bits per heavy atom. The van der Waals surface area contributed by atoms with E-state index in [-0.39, 0.29) is 24.0 Å². The Balaban J connectivity index is 1.55. The molecule has 0 aliphatic heterocycles. The molecule has 0 bridgehead atoms. The molecule has 3 aromatic rings. The molecule has 0 fully saturated rings. The number of nitrogens with zero attached hydrogens (tertiary/aromatic N) is 3. The lowest BCUT2D eigenvalue weighted by molar-refractivity contribution is -0.116. The fraction of sp³-hybridized carbons (Fsp3) is 0.304. The van der Waals surface area contributed by atoms with E-state index in [4.69, 9.17) is 4.74 Å². The third-order valence-electron chi connectivity index (χ3n) is 4.83. The van der Waals surface area contributed by atoms with Gasteiger partial charge in [-0.1, -0.05) is 30.0 Å². The van der Waals surface area contributed by atoms with Crippen LogP contribution in [0, 0.1) is 13.8 Å². The minimum atomic E-state index is -0.181. The van der Waals surface area contributed by atoms with Crippen LogP contribution in [0.25, 0.3) is 0 Å². The van der Waals surface area contributed by atoms with Gasteiger partial charge in [-0.05, 0) is 56.2 Å². The second-order valence-electron chi connectivity index (χ2n) is 7.25. The lowest BCUT2D eigenvalue weighted by Gasteiger charge is -2.11. The SMILES string of the molecule is CCOc1ccccc1NC(=O)CSc1nnc(CC(=O)Nc2ccc(C)c(C)c2)n1C. The highest BCUT2D eigenvalue weighted by atomic mass is 32.2. The Morgan fingerprint density at radius 3 is 2.56 bits per heavy atom. The molecule has 0 aliphatic carbocycles. The minimum absolute atomic E-state index is 0.0882. The third kappa shape index (κ3) is 6.10. The molecule has 2 aromatic carbocycles. The second-order valence-corrected chi connectivity index (χ2v) is 8.19. The van der Waals surface area contributed by atoms with Gasteiger partial charge in [0.1, 0.15) is 11.6 Å². The average Bonchev–Trinajstić information content (AvgIpc) is 3.10. The smallest absolute Gasteiger partial charge is 0.234 e. The van der Waals surface area contributed by atoms with Gasteiger partial charge in [0.2, 0.25) is 11.8 Å². The van der Waals surface area contributed by atoms with Crippen molar-refractivity contribution in [2.75, 3.05) is 23.0 Å². The zero-order valence-corrected chi connectivity index (χ0v) is 19.5. The number of amides is 2. The van der Waals surface area contributed by atoms with E-state index < -0.39 is 0 Å². The zero-order chi connectivity index (χ0) is 23.1. The summed E-state index contributed by atoms with van der Waals surface area (Å²) < 4.78 is 7.26. The Hall–Kier alpha value is -3.33. The number of carbonyl (C=O) groups is 2. The number of carbonyl (C=O) groups excluding carboxylic acids is 2. The van der Waals surface area contributed by atoms with E-state index in [9.17, 15) is 9.59 Å². The number of aryl methyl sites for hydroxylation is 2. The van der Waals surface area contributed by atoms with Gasteiger partial charge in [0.05, 0.1) is 24.5 Å². The Kier molecular flexibility index (Phi) is 7.88. The van der Waals surface area contributed by atoms with Crippen molar-refractivity contribution < 1.29 is 14.3 Å². The summed E-state index contributed by atoms with van der Waals surface area (Å²) >= 11 is 1.25. The van der Waals surface area contributed by atoms with Crippen LogP contribution in [0.1, 0.15) is 23.9 Å². The third-order valence-corrected chi connectivity index (χ3v) is 5.85. The lowest BCUT2D eigenvalue weighted by atomic mass is 10.1. The number of aromatic nitrogens is 3. The van der Waals surface area contributed by atoms with Crippen LogP contribution < -0.4 is 15.4 Å². The monoisotopic (exact) mass is 453 g/mol. The molecule has 0 atom stereocenters. The maximum Gasteiger partial charge on any atom is 0.234 e. The molecular formula is C23H27N5O3S. The van der Waals surface area contributed by atoms with Crippen LogP contribution in [-0.2, 0) is 23.1 Å². The normalized spacial score (nSPS) is 10.6. The summed E-state index contributed by atoms with van der Waals surface area (Å²) in [6.07, 6.45) is 0.0882. The first kappa shape index (κ1) is 23.3. The van der Waals surface area contributed by atoms with Gasteiger partial charge in [-0.2, -0.15) is 0 Å². The van der Waals surface area contributed by atoms with Gasteiger partial charge >= 0.3 is 0 Å². The Bertz CT molecular complexity index is 1110. The van der Waals surface area contributed by atoms with E-state index in [1.54, 1.807) is 17.7 Å². The second kappa shape index (κ2) is 10.8. The highest BCUT2D eigenvalue weighted by Gasteiger charge is 2.15. The summed E-state index contributed by atoms with van der Waals surface area (Å²) in [7, 11) is 1.78. The van der Waals surface area contributed by atoms with Crippen molar-refractivity contribution in [3.05, 3.63) is 59.4 Å². The summed E-state index contributed by atoms with van der Waals surface area (Å²) in [6.45, 7) is 6.43. The van der Waals surface area contributed by atoms with E-state index in [0.29, 0.717) is 29.0 Å². The first-order valence-corrected chi connectivity index (χ1v) is 11.3. The zero-order valence-electron chi connectivity index (χ0n) is 18.6. The largest absolute Gasteiger partial charge is 0.492 e. The number of para-hydroxylation sites is 2. The number of ether oxygens (including phenoxy) is 1. The number of hydrogen-bond acceptors (Lipinski definition) is 6. The standard InChI is InChI=1S/C23H27N5O3S/c1-5-31-19-9-7-6-8-18(19)25-22(30)14-32-23-27-26-20(28(23)4)13-21(29)24-17-11-10-15(2)16(3)12-17/h6-12H,5,13-14H2,1-4H3,(H,24,29)(H,25,30). The van der Waals surface area contributed by atoms with Crippen molar-refractivity contribution in [3.63, 3.8) is 0 Å². The molecule has 2 N–H and O–H groups in total. The molecule has 168 valence electrons. The van der Waals surface area contributed by atoms with Gasteiger partial charge in [-0.15, -0.1) is 10.2 Å². The quantitative estimate of drug-likeness (QED) is 0.479. The van der Waals surface area contributed by atoms with E-state index >= 15 is 0 Å². The first-order valence-electron chi connectivity index (χ1n) is 10.3. The van der Waals surface area contributed by atoms with Crippen LogP contribution >= 0.6 is 11.8 Å². The molecule has 9 heteroatoms. The Labute approximate surface area is 191 Å². The van der Waals surface area contributed by atoms with E-state index in [0.717, 1.165) is 11.3 Å². The number of thioether (sulfide) groups is 1. The van der Waals surface area contributed by atoms with Gasteiger partial charge in [-0.3, -0.25) is 9.59 Å². The summed E-state index contributed by atoms with van der Waals surface area (Å²) in [5.74, 6) is 0.950. The van der Waals surface area contributed by atoms with Gasteiger partial charge in [0, 0.05) is 12.7 Å². The van der Waals surface area contributed by atoms with E-state index in [2.05, 4.69) is 20.8 Å². The van der Waals surface area contributed by atoms with Gasteiger partial charge in [0.25, 0.3) is 0 Å². The van der Waals surface area contributed by atoms with Gasteiger partial charge in [-0.25, -0.2) is 0 Å². The molecule has 3 rings (SSSR count). The van der Waals surface area contributed by atoms with Crippen molar-refractivity contribution in [1.29, 1.82) is 0 Å². The summed E-state index contributed by atoms with van der Waals surface area (Å²) in [4.78, 5) is 24.8. The topological polar surface area (TPSA) is 98.1 Å². The van der Waals surface area contributed by atoms with Crippen LogP contribution in [-0.4, -0.2) is 38.9 Å². The first-order chi connectivity index (χ1) is 15.4. The predicted molar refractivity (Wildman–Crippen MR) is 126 cm³/mol. The molecule has 0 saturated carbocycles. The van der Waals surface area contributed by atoms with Crippen molar-refractivity contribution in [1.82, 2.24) is 14.8 Å². The molecule has 0 spiro atoms. The maximum absolute atomic E-state index is 12.4. The maximum atomic E-state index is 12.4. The van der Waals surface area contributed by atoms with Crippen molar-refractivity contribution in [2.45, 2.75) is 32.3 Å². The minimum Gasteiger partial charge on any atom is -0.492 e. The van der Waals surface area contributed by atoms with E-state index in [1.165, 1.54) is 17.3 Å². The van der Waals surface area contributed by atoms with E-state index in [1.807, 2.05) is 57.2 Å². The number of hydrogen-bond donors (Lipinski definition) is 2. The molecular weight excluding hydrogens is 426 g/mol. The molecule has 0 radical (unpaired) electrons. The van der Waals surface area contributed by atoms with Crippen LogP contribution in [0.15, 0.2) is 47.6 Å². The molecule has 0 unspecified atom stereocenters. The van der Waals surface area contributed by atoms with Gasteiger partial charge < -0.3 is 19.9 Å². The molecule has 0 aliphatic rings. The highest BCUT2D eigenvalue weighted by Crippen LogP contribution is 2.24. The van der Waals surface area contributed by atoms with Crippen molar-refractivity contribution in [3.8, 4) is 5.75 Å². The fourth-order valence-corrected chi connectivity index (χ4v) is 3.69. The number of nitrogens with one attached hydrogen (secondary N) is 2. The number of rotatable bonds is 9. The van der Waals surface area contributed by atoms with Crippen molar-refractivity contribution in [2.24, 2.45) is 7.05 Å². The summed E-state index contributed by atoms with van der Waals surface area (Å²) in [6, 6.07) is 13.1. The van der Waals surface area contributed by atoms with Crippen molar-refractivity contribution >= 4 is 35.0 Å². The van der Waals surface area contributed by atoms with Crippen LogP contribution in [0.4, 0.5) is 11.4 Å². The lowest BCUT2D eigenvalue weighted by Crippen LogP contribution is -2.17. The number of benzene rings is 2. The number of anilines is 2. The van der Waals surface area contributed by atoms with Crippen LogP contribution in [0.5, 0.6) is 5.75 Å². The Morgan fingerprint density at radius 1 is 1.03 bits per heavy atom. The molecule has 2 amide bonds.